The van der Waals surface area contributed by atoms with Crippen molar-refractivity contribution in [2.24, 2.45) is 0 Å². The lowest BCUT2D eigenvalue weighted by atomic mass is 10.0. The van der Waals surface area contributed by atoms with Crippen molar-refractivity contribution in [1.82, 2.24) is 0 Å². The molecule has 5 nitrogen and oxygen atoms in total. The summed E-state index contributed by atoms with van der Waals surface area (Å²) in [6.45, 7) is 2.01. The van der Waals surface area contributed by atoms with Crippen LogP contribution in [0.3, 0.4) is 0 Å². The third-order valence-corrected chi connectivity index (χ3v) is 4.84. The molecule has 4 aromatic rings. The van der Waals surface area contributed by atoms with Gasteiger partial charge in [-0.25, -0.2) is 0 Å². The van der Waals surface area contributed by atoms with Crippen LogP contribution in [0.4, 0.5) is 0 Å². The molecule has 0 spiro atoms. The van der Waals surface area contributed by atoms with Crippen molar-refractivity contribution < 1.29 is 40.7 Å². The summed E-state index contributed by atoms with van der Waals surface area (Å²) in [6, 6.07) is 9.89. The summed E-state index contributed by atoms with van der Waals surface area (Å²) in [4.78, 5) is 0. The molecule has 2 aromatic heterocycles. The second-order valence-corrected chi connectivity index (χ2v) is 6.25. The molecular formula is C21H20BrNO4. The van der Waals surface area contributed by atoms with Gasteiger partial charge in [0.1, 0.15) is 0 Å². The minimum Gasteiger partial charge on any atom is -1.00 e. The molecule has 0 aliphatic rings. The van der Waals surface area contributed by atoms with Gasteiger partial charge in [-0.05, 0) is 36.1 Å². The molecule has 0 aliphatic heterocycles. The summed E-state index contributed by atoms with van der Waals surface area (Å²) in [5.41, 5.74) is 2.05. The number of phenols is 1. The molecule has 0 atom stereocenters. The first-order valence-electron chi connectivity index (χ1n) is 8.27. The lowest BCUT2D eigenvalue weighted by Crippen LogP contribution is -3.00. The van der Waals surface area contributed by atoms with Gasteiger partial charge in [-0.15, -0.1) is 0 Å². The van der Waals surface area contributed by atoms with Gasteiger partial charge in [0.15, 0.2) is 35.4 Å². The van der Waals surface area contributed by atoms with Gasteiger partial charge in [-0.2, -0.15) is 4.40 Å². The Bertz CT molecular complexity index is 1170. The predicted octanol–water partition coefficient (Wildman–Crippen LogP) is 0.776. The number of aryl methyl sites for hydroxylation is 1. The van der Waals surface area contributed by atoms with Crippen molar-refractivity contribution in [2.75, 3.05) is 21.3 Å². The van der Waals surface area contributed by atoms with E-state index < -0.39 is 0 Å². The van der Waals surface area contributed by atoms with Gasteiger partial charge in [-0.1, -0.05) is 0 Å². The number of nitrogens with zero attached hydrogens (tertiary/aromatic N) is 1. The maximum atomic E-state index is 10.5. The summed E-state index contributed by atoms with van der Waals surface area (Å²) in [7, 11) is 4.82. The maximum Gasteiger partial charge on any atom is 0.219 e. The number of fused-ring (bicyclic) bond motifs is 4. The van der Waals surface area contributed by atoms with Gasteiger partial charge in [0.25, 0.3) is 0 Å². The number of pyridine rings is 2. The summed E-state index contributed by atoms with van der Waals surface area (Å²) in [6.07, 6.45) is 3.89. The van der Waals surface area contributed by atoms with E-state index in [0.29, 0.717) is 17.2 Å². The highest BCUT2D eigenvalue weighted by molar-refractivity contribution is 6.01. The minimum absolute atomic E-state index is 0. The van der Waals surface area contributed by atoms with E-state index >= 15 is 0 Å². The summed E-state index contributed by atoms with van der Waals surface area (Å²) >= 11 is 0. The van der Waals surface area contributed by atoms with E-state index in [9.17, 15) is 5.11 Å². The lowest BCUT2D eigenvalue weighted by Gasteiger charge is -2.11. The van der Waals surface area contributed by atoms with Crippen molar-refractivity contribution in [1.29, 1.82) is 0 Å². The lowest BCUT2D eigenvalue weighted by molar-refractivity contribution is -0.509. The van der Waals surface area contributed by atoms with Crippen molar-refractivity contribution in [2.45, 2.75) is 6.92 Å². The van der Waals surface area contributed by atoms with Crippen LogP contribution in [0, 0.1) is 6.92 Å². The Kier molecular flexibility index (Phi) is 5.02. The predicted molar refractivity (Wildman–Crippen MR) is 101 cm³/mol. The van der Waals surface area contributed by atoms with Gasteiger partial charge >= 0.3 is 0 Å². The van der Waals surface area contributed by atoms with Gasteiger partial charge in [0.2, 0.25) is 5.52 Å². The standard InChI is InChI=1S/C21H19NO4.BrH/c1-12-7-20(26-4)21(23)16-11-22-6-5-13-8-18(24-2)19(25-3)10-15(13)17(22)9-14(12)16;/h5-11H,1-4H3;1H. The van der Waals surface area contributed by atoms with Crippen LogP contribution >= 0.6 is 0 Å². The zero-order valence-electron chi connectivity index (χ0n) is 15.5. The van der Waals surface area contributed by atoms with E-state index in [-0.39, 0.29) is 22.7 Å². The quantitative estimate of drug-likeness (QED) is 0.297. The molecular weight excluding hydrogens is 410 g/mol. The Morgan fingerprint density at radius 1 is 0.815 bits per heavy atom. The molecule has 0 bridgehead atoms. The zero-order chi connectivity index (χ0) is 18.4. The van der Waals surface area contributed by atoms with Crippen LogP contribution in [-0.2, 0) is 0 Å². The van der Waals surface area contributed by atoms with Crippen molar-refractivity contribution >= 4 is 27.1 Å². The van der Waals surface area contributed by atoms with Crippen LogP contribution in [0.5, 0.6) is 23.0 Å². The minimum atomic E-state index is 0. The zero-order valence-corrected chi connectivity index (χ0v) is 17.1. The number of rotatable bonds is 3. The fourth-order valence-electron chi connectivity index (χ4n) is 3.47. The third-order valence-electron chi connectivity index (χ3n) is 4.84. The Morgan fingerprint density at radius 2 is 1.48 bits per heavy atom. The number of ether oxygens (including phenoxy) is 3. The Morgan fingerprint density at radius 3 is 2.15 bits per heavy atom. The van der Waals surface area contributed by atoms with Crippen molar-refractivity contribution in [3.8, 4) is 23.0 Å². The van der Waals surface area contributed by atoms with E-state index in [4.69, 9.17) is 14.2 Å². The molecule has 1 N–H and O–H groups in total. The molecule has 140 valence electrons. The summed E-state index contributed by atoms with van der Waals surface area (Å²) in [5.74, 6) is 2.00. The van der Waals surface area contributed by atoms with E-state index in [1.54, 1.807) is 21.3 Å². The van der Waals surface area contributed by atoms with Crippen LogP contribution < -0.4 is 35.6 Å². The van der Waals surface area contributed by atoms with Crippen LogP contribution in [-0.4, -0.2) is 26.4 Å². The van der Waals surface area contributed by atoms with Gasteiger partial charge in [0, 0.05) is 17.5 Å². The fraction of sp³-hybridized carbons (Fsp3) is 0.190. The first-order chi connectivity index (χ1) is 12.6. The molecule has 0 saturated carbocycles. The average molecular weight is 430 g/mol. The van der Waals surface area contributed by atoms with Gasteiger partial charge < -0.3 is 36.3 Å². The molecule has 6 heteroatoms. The molecule has 2 heterocycles. The highest BCUT2D eigenvalue weighted by Crippen LogP contribution is 2.38. The molecule has 0 aliphatic carbocycles. The maximum absolute atomic E-state index is 10.5. The smallest absolute Gasteiger partial charge is 0.219 e. The van der Waals surface area contributed by atoms with Crippen LogP contribution in [0.15, 0.2) is 42.7 Å². The molecule has 0 unspecified atom stereocenters. The van der Waals surface area contributed by atoms with Crippen molar-refractivity contribution in [3.05, 3.63) is 48.3 Å². The second kappa shape index (κ2) is 7.12. The molecule has 0 fully saturated rings. The van der Waals surface area contributed by atoms with E-state index in [1.807, 2.05) is 48.0 Å². The van der Waals surface area contributed by atoms with Crippen molar-refractivity contribution in [3.63, 3.8) is 0 Å². The molecule has 0 amide bonds. The van der Waals surface area contributed by atoms with Gasteiger partial charge in [0.05, 0.1) is 32.1 Å². The molecule has 4 rings (SSSR count). The molecule has 0 radical (unpaired) electrons. The first-order valence-corrected chi connectivity index (χ1v) is 8.27. The number of aromatic nitrogens is 1. The second-order valence-electron chi connectivity index (χ2n) is 6.25. The Labute approximate surface area is 167 Å². The van der Waals surface area contributed by atoms with E-state index in [1.165, 1.54) is 0 Å². The highest BCUT2D eigenvalue weighted by Gasteiger charge is 2.18. The number of benzene rings is 2. The number of hydrogen-bond acceptors (Lipinski definition) is 4. The SMILES string of the molecule is COc1cc2cc[n+]3cc4c(O)c(OC)cc(C)c4cc3c2cc1OC.[Br-]. The Hall–Kier alpha value is -2.73. The number of methoxy groups -OCH3 is 3. The molecule has 2 aromatic carbocycles. The topological polar surface area (TPSA) is 52.0 Å². The number of hydrogen-bond donors (Lipinski definition) is 1. The normalized spacial score (nSPS) is 10.8. The average Bonchev–Trinajstić information content (AvgIpc) is 2.68. The van der Waals surface area contributed by atoms with Crippen LogP contribution in [0.25, 0.3) is 27.1 Å². The number of aromatic hydroxyl groups is 1. The molecule has 27 heavy (non-hydrogen) atoms. The Balaban J connectivity index is 0.00000210. The van der Waals surface area contributed by atoms with Gasteiger partial charge in [-0.3, -0.25) is 0 Å². The molecule has 0 saturated heterocycles. The summed E-state index contributed by atoms with van der Waals surface area (Å²) < 4.78 is 18.1. The summed E-state index contributed by atoms with van der Waals surface area (Å²) in [5, 5.41) is 14.3. The number of halogens is 1. The first kappa shape index (κ1) is 19.0. The van der Waals surface area contributed by atoms with E-state index in [0.717, 1.165) is 32.6 Å². The largest absolute Gasteiger partial charge is 1.00 e. The monoisotopic (exact) mass is 429 g/mol. The third kappa shape index (κ3) is 2.90. The highest BCUT2D eigenvalue weighted by atomic mass is 79.9. The van der Waals surface area contributed by atoms with E-state index in [2.05, 4.69) is 6.07 Å². The number of phenolic OH excluding ortho intramolecular Hbond substituents is 1. The fourth-order valence-corrected chi connectivity index (χ4v) is 3.47. The van der Waals surface area contributed by atoms with Crippen LogP contribution in [0.1, 0.15) is 5.56 Å². The van der Waals surface area contributed by atoms with Crippen LogP contribution in [0.2, 0.25) is 0 Å².